The molecule has 0 aromatic rings. The molecule has 0 bridgehead atoms. The molecule has 0 radical (unpaired) electrons. The first-order valence-electron chi connectivity index (χ1n) is 9.43. The van der Waals surface area contributed by atoms with E-state index in [1.165, 1.54) is 32.1 Å². The lowest BCUT2D eigenvalue weighted by Crippen LogP contribution is -2.38. The van der Waals surface area contributed by atoms with Gasteiger partial charge in [-0.05, 0) is 38.5 Å². The number of nitrogens with one attached hydrogen (secondary N) is 2. The Hall–Kier alpha value is -0.0900. The summed E-state index contributed by atoms with van der Waals surface area (Å²) >= 11 is 0. The van der Waals surface area contributed by atoms with E-state index in [0.29, 0.717) is 18.4 Å². The van der Waals surface area contributed by atoms with Crippen LogP contribution in [0.25, 0.3) is 0 Å². The highest BCUT2D eigenvalue weighted by Gasteiger charge is 2.27. The molecule has 25 heavy (non-hydrogen) atoms. The third kappa shape index (κ3) is 9.42. The molecule has 0 aromatic carbocycles. The summed E-state index contributed by atoms with van der Waals surface area (Å²) in [6, 6.07) is 0. The summed E-state index contributed by atoms with van der Waals surface area (Å²) in [5.41, 5.74) is 0. The van der Waals surface area contributed by atoms with Crippen molar-refractivity contribution in [2.45, 2.75) is 58.0 Å². The second-order valence-corrected chi connectivity index (χ2v) is 9.13. The fraction of sp³-hybridized carbons (Fsp3) is 0.941. The number of nitrogens with zero attached hydrogens (tertiary/aromatic N) is 1. The second-order valence-electron chi connectivity index (χ2n) is 6.90. The summed E-state index contributed by atoms with van der Waals surface area (Å²) < 4.78 is 28.9. The molecule has 1 unspecified atom stereocenters. The maximum absolute atomic E-state index is 11.5. The molecule has 1 saturated carbocycles. The van der Waals surface area contributed by atoms with E-state index in [9.17, 15) is 8.42 Å². The summed E-state index contributed by atoms with van der Waals surface area (Å²) in [6.45, 7) is 5.02. The average molecular weight is 487 g/mol. The van der Waals surface area contributed by atoms with Gasteiger partial charge in [0.15, 0.2) is 15.8 Å². The molecule has 1 aliphatic carbocycles. The van der Waals surface area contributed by atoms with Crippen molar-refractivity contribution in [3.63, 3.8) is 0 Å². The molecule has 2 fully saturated rings. The monoisotopic (exact) mass is 487 g/mol. The van der Waals surface area contributed by atoms with E-state index in [-0.39, 0.29) is 35.6 Å². The van der Waals surface area contributed by atoms with Crippen molar-refractivity contribution in [1.29, 1.82) is 0 Å². The van der Waals surface area contributed by atoms with Crippen LogP contribution in [0.3, 0.4) is 0 Å². The van der Waals surface area contributed by atoms with Gasteiger partial charge in [0.1, 0.15) is 0 Å². The molecule has 1 heterocycles. The first-order valence-corrected chi connectivity index (χ1v) is 11.3. The summed E-state index contributed by atoms with van der Waals surface area (Å²) in [4.78, 5) is 4.54. The topological polar surface area (TPSA) is 79.8 Å². The van der Waals surface area contributed by atoms with Crippen LogP contribution in [0.15, 0.2) is 4.99 Å². The van der Waals surface area contributed by atoms with Gasteiger partial charge in [-0.25, -0.2) is 8.42 Å². The lowest BCUT2D eigenvalue weighted by Gasteiger charge is -2.22. The molecule has 2 N–H and O–H groups in total. The smallest absolute Gasteiger partial charge is 0.191 e. The molecule has 0 amide bonds. The Morgan fingerprint density at radius 3 is 2.56 bits per heavy atom. The third-order valence-electron chi connectivity index (χ3n) is 4.70. The Labute approximate surface area is 169 Å². The lowest BCUT2D eigenvalue weighted by molar-refractivity contribution is 0.0277. The number of guanidine groups is 1. The van der Waals surface area contributed by atoms with E-state index in [4.69, 9.17) is 4.74 Å². The number of hydrogen-bond acceptors (Lipinski definition) is 4. The van der Waals surface area contributed by atoms with Gasteiger partial charge >= 0.3 is 0 Å². The molecule has 1 saturated heterocycles. The molecule has 2 rings (SSSR count). The molecule has 8 heteroatoms. The largest absolute Gasteiger partial charge is 0.378 e. The SMILES string of the molecule is CCNC(=NCC1CCS(=O)(=O)C1)NCCCOC1CCCCC1.I. The minimum absolute atomic E-state index is 0. The van der Waals surface area contributed by atoms with Crippen molar-refractivity contribution in [3.8, 4) is 0 Å². The Morgan fingerprint density at radius 2 is 1.92 bits per heavy atom. The van der Waals surface area contributed by atoms with Crippen molar-refractivity contribution in [2.75, 3.05) is 37.7 Å². The molecule has 1 atom stereocenters. The minimum atomic E-state index is -2.82. The van der Waals surface area contributed by atoms with Crippen LogP contribution >= 0.6 is 24.0 Å². The number of sulfone groups is 1. The van der Waals surface area contributed by atoms with Crippen LogP contribution in [-0.2, 0) is 14.6 Å². The lowest BCUT2D eigenvalue weighted by atomic mass is 9.98. The van der Waals surface area contributed by atoms with Gasteiger partial charge in [0.2, 0.25) is 0 Å². The summed E-state index contributed by atoms with van der Waals surface area (Å²) in [5, 5.41) is 6.53. The molecular weight excluding hydrogens is 453 g/mol. The van der Waals surface area contributed by atoms with E-state index in [0.717, 1.165) is 38.5 Å². The number of aliphatic imine (C=N–C) groups is 1. The highest BCUT2D eigenvalue weighted by atomic mass is 127. The van der Waals surface area contributed by atoms with Crippen LogP contribution in [0.4, 0.5) is 0 Å². The zero-order valence-corrected chi connectivity index (χ0v) is 18.5. The molecule has 148 valence electrons. The Morgan fingerprint density at radius 1 is 1.16 bits per heavy atom. The van der Waals surface area contributed by atoms with E-state index in [1.54, 1.807) is 0 Å². The number of rotatable bonds is 8. The maximum atomic E-state index is 11.5. The maximum Gasteiger partial charge on any atom is 0.191 e. The number of hydrogen-bond donors (Lipinski definition) is 2. The zero-order chi connectivity index (χ0) is 17.3. The molecule has 0 aromatic heterocycles. The van der Waals surface area contributed by atoms with E-state index < -0.39 is 9.84 Å². The van der Waals surface area contributed by atoms with E-state index >= 15 is 0 Å². The standard InChI is InChI=1S/C17H33N3O3S.HI/c1-2-18-17(20-13-15-9-12-24(21,22)14-15)19-10-6-11-23-16-7-4-3-5-8-16;/h15-16H,2-14H2,1H3,(H2,18,19,20);1H. The summed E-state index contributed by atoms with van der Waals surface area (Å²) in [5.74, 6) is 1.54. The molecule has 6 nitrogen and oxygen atoms in total. The third-order valence-corrected chi connectivity index (χ3v) is 6.53. The van der Waals surface area contributed by atoms with Crippen molar-refractivity contribution in [3.05, 3.63) is 0 Å². The van der Waals surface area contributed by atoms with Gasteiger partial charge in [0.25, 0.3) is 0 Å². The zero-order valence-electron chi connectivity index (χ0n) is 15.3. The Bertz CT molecular complexity index is 493. The average Bonchev–Trinajstić information content (AvgIpc) is 2.92. The van der Waals surface area contributed by atoms with E-state index in [1.807, 2.05) is 6.92 Å². The van der Waals surface area contributed by atoms with Crippen molar-refractivity contribution < 1.29 is 13.2 Å². The first kappa shape index (κ1) is 23.0. The number of ether oxygens (including phenoxy) is 1. The van der Waals surface area contributed by atoms with Crippen LogP contribution in [-0.4, -0.2) is 58.2 Å². The van der Waals surface area contributed by atoms with Crippen molar-refractivity contribution >= 4 is 39.8 Å². The van der Waals surface area contributed by atoms with Gasteiger partial charge in [-0.3, -0.25) is 4.99 Å². The Kier molecular flexibility index (Phi) is 11.3. The summed E-state index contributed by atoms with van der Waals surface area (Å²) in [7, 11) is -2.82. The van der Waals surface area contributed by atoms with Crippen molar-refractivity contribution in [2.24, 2.45) is 10.9 Å². The molecular formula is C17H34IN3O3S. The number of halogens is 1. The van der Waals surface area contributed by atoms with Gasteiger partial charge in [-0.2, -0.15) is 0 Å². The van der Waals surface area contributed by atoms with Crippen LogP contribution in [0, 0.1) is 5.92 Å². The van der Waals surface area contributed by atoms with Crippen molar-refractivity contribution in [1.82, 2.24) is 10.6 Å². The molecule has 1 aliphatic heterocycles. The second kappa shape index (κ2) is 12.3. The van der Waals surface area contributed by atoms with Gasteiger partial charge in [-0.1, -0.05) is 19.3 Å². The predicted molar refractivity (Wildman–Crippen MR) is 114 cm³/mol. The molecule has 2 aliphatic rings. The predicted octanol–water partition coefficient (Wildman–Crippen LogP) is 2.33. The van der Waals surface area contributed by atoms with Gasteiger partial charge in [-0.15, -0.1) is 24.0 Å². The highest BCUT2D eigenvalue weighted by Crippen LogP contribution is 2.20. The molecule has 0 spiro atoms. The van der Waals surface area contributed by atoms with Gasteiger partial charge < -0.3 is 15.4 Å². The minimum Gasteiger partial charge on any atom is -0.378 e. The van der Waals surface area contributed by atoms with Crippen LogP contribution in [0.5, 0.6) is 0 Å². The van der Waals surface area contributed by atoms with Crippen LogP contribution in [0.1, 0.15) is 51.9 Å². The fourth-order valence-electron chi connectivity index (χ4n) is 3.34. The van der Waals surface area contributed by atoms with E-state index in [2.05, 4.69) is 15.6 Å². The van der Waals surface area contributed by atoms with Crippen LogP contribution < -0.4 is 10.6 Å². The van der Waals surface area contributed by atoms with Gasteiger partial charge in [0, 0.05) is 26.2 Å². The normalized spacial score (nSPS) is 23.9. The fourth-order valence-corrected chi connectivity index (χ4v) is 5.19. The van der Waals surface area contributed by atoms with Crippen LogP contribution in [0.2, 0.25) is 0 Å². The highest BCUT2D eigenvalue weighted by molar-refractivity contribution is 14.0. The van der Waals surface area contributed by atoms with Gasteiger partial charge in [0.05, 0.1) is 17.6 Å². The Balaban J connectivity index is 0.00000312. The first-order chi connectivity index (χ1) is 11.6. The summed E-state index contributed by atoms with van der Waals surface area (Å²) in [6.07, 6.45) is 8.54. The quantitative estimate of drug-likeness (QED) is 0.238.